The van der Waals surface area contributed by atoms with Gasteiger partial charge in [-0.25, -0.2) is 0 Å². The number of hydrogen-bond donors (Lipinski definition) is 2. The Morgan fingerprint density at radius 2 is 1.70 bits per heavy atom. The summed E-state index contributed by atoms with van der Waals surface area (Å²) in [6.45, 7) is 3.66. The molecule has 0 amide bonds. The molecule has 0 aromatic rings. The first kappa shape index (κ1) is 9.88. The molecule has 0 aliphatic heterocycles. The SMILES string of the molecule is CN(CCN)CCCCN. The van der Waals surface area contributed by atoms with E-state index >= 15 is 0 Å². The van der Waals surface area contributed by atoms with Crippen LogP contribution in [0.1, 0.15) is 12.8 Å². The van der Waals surface area contributed by atoms with Crippen molar-refractivity contribution in [2.24, 2.45) is 11.5 Å². The zero-order valence-corrected chi connectivity index (χ0v) is 6.84. The number of likely N-dealkylation sites (N-methyl/N-ethyl adjacent to an activating group) is 1. The summed E-state index contributed by atoms with van der Waals surface area (Å²) in [5, 5.41) is 0. The maximum Gasteiger partial charge on any atom is 0.0102 e. The highest BCUT2D eigenvalue weighted by molar-refractivity contribution is 4.51. The van der Waals surface area contributed by atoms with Gasteiger partial charge in [-0.05, 0) is 33.0 Å². The Morgan fingerprint density at radius 3 is 2.20 bits per heavy atom. The summed E-state index contributed by atoms with van der Waals surface area (Å²) in [4.78, 5) is 2.23. The minimum absolute atomic E-state index is 0.749. The second-order valence-electron chi connectivity index (χ2n) is 2.59. The molecule has 0 atom stereocenters. The number of rotatable bonds is 6. The number of unbranched alkanes of at least 4 members (excludes halogenated alkanes) is 1. The average molecular weight is 145 g/mol. The van der Waals surface area contributed by atoms with Crippen molar-refractivity contribution in [2.75, 3.05) is 33.2 Å². The van der Waals surface area contributed by atoms with E-state index in [9.17, 15) is 0 Å². The van der Waals surface area contributed by atoms with Crippen LogP contribution in [0, 0.1) is 0 Å². The second kappa shape index (κ2) is 6.99. The van der Waals surface area contributed by atoms with Gasteiger partial charge in [-0.1, -0.05) is 0 Å². The lowest BCUT2D eigenvalue weighted by atomic mass is 10.3. The van der Waals surface area contributed by atoms with Gasteiger partial charge in [-0.3, -0.25) is 0 Å². The molecule has 3 nitrogen and oxygen atoms in total. The maximum absolute atomic E-state index is 5.37. The molecule has 0 aromatic carbocycles. The summed E-state index contributed by atoms with van der Waals surface area (Å²) >= 11 is 0. The van der Waals surface area contributed by atoms with E-state index in [0.717, 1.165) is 32.6 Å². The van der Waals surface area contributed by atoms with E-state index in [2.05, 4.69) is 11.9 Å². The number of nitrogens with two attached hydrogens (primary N) is 2. The molecule has 0 rings (SSSR count). The van der Waals surface area contributed by atoms with Gasteiger partial charge in [0.25, 0.3) is 0 Å². The summed E-state index contributed by atoms with van der Waals surface area (Å²) in [5.74, 6) is 0. The first-order valence-corrected chi connectivity index (χ1v) is 3.90. The van der Waals surface area contributed by atoms with Crippen LogP contribution in [-0.2, 0) is 0 Å². The van der Waals surface area contributed by atoms with Gasteiger partial charge in [0.2, 0.25) is 0 Å². The average Bonchev–Trinajstić information content (AvgIpc) is 1.89. The van der Waals surface area contributed by atoms with Gasteiger partial charge in [0.1, 0.15) is 0 Å². The normalized spacial score (nSPS) is 10.8. The third kappa shape index (κ3) is 6.01. The Bertz CT molecular complexity index is 65.9. The fourth-order valence-electron chi connectivity index (χ4n) is 0.858. The molecule has 10 heavy (non-hydrogen) atoms. The van der Waals surface area contributed by atoms with E-state index in [1.54, 1.807) is 0 Å². The summed E-state index contributed by atoms with van der Waals surface area (Å²) in [6.07, 6.45) is 2.31. The van der Waals surface area contributed by atoms with Crippen molar-refractivity contribution in [3.63, 3.8) is 0 Å². The highest BCUT2D eigenvalue weighted by atomic mass is 15.1. The fraction of sp³-hybridized carbons (Fsp3) is 1.00. The topological polar surface area (TPSA) is 55.3 Å². The van der Waals surface area contributed by atoms with Crippen LogP contribution in [0.2, 0.25) is 0 Å². The molecule has 0 bridgehead atoms. The van der Waals surface area contributed by atoms with E-state index in [1.807, 2.05) is 0 Å². The highest BCUT2D eigenvalue weighted by Crippen LogP contribution is 1.89. The third-order valence-electron chi connectivity index (χ3n) is 1.50. The quantitative estimate of drug-likeness (QED) is 0.501. The summed E-state index contributed by atoms with van der Waals surface area (Å²) in [7, 11) is 2.09. The molecule has 0 radical (unpaired) electrons. The van der Waals surface area contributed by atoms with Crippen molar-refractivity contribution >= 4 is 0 Å². The molecular formula is C7H19N3. The standard InChI is InChI=1S/C7H19N3/c1-10(7-5-9)6-3-2-4-8/h2-9H2,1H3. The molecule has 0 unspecified atom stereocenters. The smallest absolute Gasteiger partial charge is 0.0102 e. The number of nitrogens with zero attached hydrogens (tertiary/aromatic N) is 1. The fourth-order valence-corrected chi connectivity index (χ4v) is 0.858. The molecule has 0 aliphatic rings. The maximum atomic E-state index is 5.37. The van der Waals surface area contributed by atoms with E-state index in [4.69, 9.17) is 11.5 Å². The van der Waals surface area contributed by atoms with Crippen molar-refractivity contribution in [3.05, 3.63) is 0 Å². The van der Waals surface area contributed by atoms with Crippen molar-refractivity contribution in [1.29, 1.82) is 0 Å². The Labute approximate surface area is 63.4 Å². The van der Waals surface area contributed by atoms with Crippen LogP contribution < -0.4 is 11.5 Å². The molecule has 0 aromatic heterocycles. The molecule has 62 valence electrons. The van der Waals surface area contributed by atoms with E-state index < -0.39 is 0 Å². The van der Waals surface area contributed by atoms with Crippen LogP contribution in [0.3, 0.4) is 0 Å². The van der Waals surface area contributed by atoms with E-state index in [1.165, 1.54) is 6.42 Å². The summed E-state index contributed by atoms with van der Waals surface area (Å²) < 4.78 is 0. The Kier molecular flexibility index (Phi) is 6.91. The van der Waals surface area contributed by atoms with Crippen molar-refractivity contribution in [2.45, 2.75) is 12.8 Å². The van der Waals surface area contributed by atoms with Gasteiger partial charge in [0.05, 0.1) is 0 Å². The zero-order chi connectivity index (χ0) is 7.82. The largest absolute Gasteiger partial charge is 0.330 e. The van der Waals surface area contributed by atoms with Gasteiger partial charge >= 0.3 is 0 Å². The molecule has 0 aliphatic carbocycles. The third-order valence-corrected chi connectivity index (χ3v) is 1.50. The zero-order valence-electron chi connectivity index (χ0n) is 6.84. The van der Waals surface area contributed by atoms with Gasteiger partial charge in [-0.2, -0.15) is 0 Å². The molecule has 0 heterocycles. The van der Waals surface area contributed by atoms with Crippen LogP contribution in [0.15, 0.2) is 0 Å². The lowest BCUT2D eigenvalue weighted by Gasteiger charge is -2.14. The minimum atomic E-state index is 0.749. The Balaban J connectivity index is 2.97. The van der Waals surface area contributed by atoms with Gasteiger partial charge in [-0.15, -0.1) is 0 Å². The molecule has 0 fully saturated rings. The van der Waals surface area contributed by atoms with Gasteiger partial charge in [0, 0.05) is 13.1 Å². The molecule has 0 spiro atoms. The molecule has 0 saturated carbocycles. The molecular weight excluding hydrogens is 126 g/mol. The summed E-state index contributed by atoms with van der Waals surface area (Å²) in [6, 6.07) is 0. The predicted octanol–water partition coefficient (Wildman–Crippen LogP) is -0.384. The minimum Gasteiger partial charge on any atom is -0.330 e. The van der Waals surface area contributed by atoms with Gasteiger partial charge < -0.3 is 16.4 Å². The highest BCUT2D eigenvalue weighted by Gasteiger charge is 1.93. The summed E-state index contributed by atoms with van der Waals surface area (Å²) in [5.41, 5.74) is 10.7. The first-order valence-electron chi connectivity index (χ1n) is 3.90. The van der Waals surface area contributed by atoms with Crippen molar-refractivity contribution < 1.29 is 0 Å². The molecule has 0 saturated heterocycles. The van der Waals surface area contributed by atoms with Crippen LogP contribution in [0.4, 0.5) is 0 Å². The van der Waals surface area contributed by atoms with Gasteiger partial charge in [0.15, 0.2) is 0 Å². The molecule has 4 N–H and O–H groups in total. The predicted molar refractivity (Wildman–Crippen MR) is 44.8 cm³/mol. The van der Waals surface area contributed by atoms with E-state index in [0.29, 0.717) is 0 Å². The lowest BCUT2D eigenvalue weighted by molar-refractivity contribution is 0.335. The Morgan fingerprint density at radius 1 is 1.00 bits per heavy atom. The van der Waals surface area contributed by atoms with Crippen LogP contribution in [0.25, 0.3) is 0 Å². The van der Waals surface area contributed by atoms with Crippen molar-refractivity contribution in [1.82, 2.24) is 4.90 Å². The number of hydrogen-bond acceptors (Lipinski definition) is 3. The van der Waals surface area contributed by atoms with Crippen molar-refractivity contribution in [3.8, 4) is 0 Å². The monoisotopic (exact) mass is 145 g/mol. The van der Waals surface area contributed by atoms with E-state index in [-0.39, 0.29) is 0 Å². The molecule has 3 heteroatoms. The van der Waals surface area contributed by atoms with Crippen LogP contribution >= 0.6 is 0 Å². The second-order valence-corrected chi connectivity index (χ2v) is 2.59. The first-order chi connectivity index (χ1) is 4.81. The Hall–Kier alpha value is -0.120. The lowest BCUT2D eigenvalue weighted by Crippen LogP contribution is -2.26. The van der Waals surface area contributed by atoms with Crippen LogP contribution in [-0.4, -0.2) is 38.1 Å². The van der Waals surface area contributed by atoms with Crippen LogP contribution in [0.5, 0.6) is 0 Å².